The number of benzene rings is 1. The van der Waals surface area contributed by atoms with Gasteiger partial charge < -0.3 is 25.6 Å². The van der Waals surface area contributed by atoms with Crippen molar-refractivity contribution in [2.24, 2.45) is 0 Å². The standard InChI is InChI=1S/C25H26Cl2FN5O4S/c1-12-16(26)17(27)18(29-12)21(34)30-15-9-10-33(11-14(15)28)24-31-19(20(38-24)23(36)37)22(35)32-25(2,3)13-7-5-4-6-8-13/h4-8,14-15,29H,9-11H2,1-3H3,(H,30,34)(H,32,35)(H,36,37)/t14-,15+/m0/s1. The van der Waals surface area contributed by atoms with E-state index in [0.29, 0.717) is 5.69 Å². The van der Waals surface area contributed by atoms with Gasteiger partial charge in [-0.2, -0.15) is 0 Å². The second-order valence-electron chi connectivity index (χ2n) is 9.51. The summed E-state index contributed by atoms with van der Waals surface area (Å²) in [5, 5.41) is 15.7. The number of rotatable bonds is 7. The molecular formula is C25H26Cl2FN5O4S. The van der Waals surface area contributed by atoms with Crippen molar-refractivity contribution >= 4 is 57.5 Å². The molecular weight excluding hydrogens is 556 g/mol. The van der Waals surface area contributed by atoms with Gasteiger partial charge in [0, 0.05) is 12.2 Å². The quantitative estimate of drug-likeness (QED) is 0.317. The van der Waals surface area contributed by atoms with Gasteiger partial charge in [-0.25, -0.2) is 14.2 Å². The number of piperidine rings is 1. The Morgan fingerprint density at radius 2 is 1.87 bits per heavy atom. The highest BCUT2D eigenvalue weighted by Gasteiger charge is 2.35. The minimum atomic E-state index is -1.48. The molecule has 0 unspecified atom stereocenters. The van der Waals surface area contributed by atoms with Gasteiger partial charge in [-0.15, -0.1) is 0 Å². The molecule has 3 aromatic rings. The van der Waals surface area contributed by atoms with Crippen LogP contribution in [0.25, 0.3) is 0 Å². The highest BCUT2D eigenvalue weighted by atomic mass is 35.5. The van der Waals surface area contributed by atoms with E-state index >= 15 is 4.39 Å². The Morgan fingerprint density at radius 1 is 1.18 bits per heavy atom. The van der Waals surface area contributed by atoms with E-state index in [1.54, 1.807) is 25.7 Å². The maximum Gasteiger partial charge on any atom is 0.348 e. The Balaban J connectivity index is 1.47. The van der Waals surface area contributed by atoms with Gasteiger partial charge in [0.05, 0.1) is 28.2 Å². The second-order valence-corrected chi connectivity index (χ2v) is 11.2. The number of anilines is 1. The molecule has 202 valence electrons. The normalized spacial score (nSPS) is 17.8. The first-order valence-electron chi connectivity index (χ1n) is 11.7. The molecule has 1 aliphatic heterocycles. The van der Waals surface area contributed by atoms with E-state index < -0.39 is 35.5 Å². The van der Waals surface area contributed by atoms with E-state index in [9.17, 15) is 19.5 Å². The molecule has 4 N–H and O–H groups in total. The number of hydrogen-bond donors (Lipinski definition) is 4. The zero-order valence-electron chi connectivity index (χ0n) is 20.8. The van der Waals surface area contributed by atoms with Crippen LogP contribution in [0.5, 0.6) is 0 Å². The van der Waals surface area contributed by atoms with Gasteiger partial charge in [-0.05, 0) is 32.8 Å². The Kier molecular flexibility index (Phi) is 8.01. The average Bonchev–Trinajstić information content (AvgIpc) is 3.43. The summed E-state index contributed by atoms with van der Waals surface area (Å²) in [5.41, 5.74) is 0.398. The third-order valence-corrected chi connectivity index (χ3v) is 8.41. The summed E-state index contributed by atoms with van der Waals surface area (Å²) in [6.45, 7) is 5.41. The van der Waals surface area contributed by atoms with Crippen LogP contribution in [0.15, 0.2) is 30.3 Å². The van der Waals surface area contributed by atoms with Crippen molar-refractivity contribution in [2.45, 2.75) is 44.9 Å². The predicted molar refractivity (Wildman–Crippen MR) is 145 cm³/mol. The van der Waals surface area contributed by atoms with E-state index in [1.165, 1.54) is 0 Å². The van der Waals surface area contributed by atoms with Crippen molar-refractivity contribution in [1.82, 2.24) is 20.6 Å². The van der Waals surface area contributed by atoms with Crippen molar-refractivity contribution in [1.29, 1.82) is 0 Å². The lowest BCUT2D eigenvalue weighted by molar-refractivity contribution is 0.0694. The first-order valence-corrected chi connectivity index (χ1v) is 13.3. The lowest BCUT2D eigenvalue weighted by atomic mass is 9.94. The largest absolute Gasteiger partial charge is 0.477 e. The number of H-pyrrole nitrogens is 1. The summed E-state index contributed by atoms with van der Waals surface area (Å²) in [6.07, 6.45) is -1.26. The van der Waals surface area contributed by atoms with Gasteiger partial charge in [0.25, 0.3) is 11.8 Å². The molecule has 0 spiro atoms. The van der Waals surface area contributed by atoms with Gasteiger partial charge in [-0.1, -0.05) is 64.9 Å². The van der Waals surface area contributed by atoms with E-state index in [-0.39, 0.29) is 51.0 Å². The van der Waals surface area contributed by atoms with Crippen molar-refractivity contribution < 1.29 is 23.9 Å². The number of aryl methyl sites for hydroxylation is 1. The second kappa shape index (κ2) is 10.9. The molecule has 2 aromatic heterocycles. The molecule has 9 nitrogen and oxygen atoms in total. The van der Waals surface area contributed by atoms with Crippen LogP contribution in [-0.4, -0.2) is 58.2 Å². The summed E-state index contributed by atoms with van der Waals surface area (Å²) < 4.78 is 15.1. The number of nitrogens with zero attached hydrogens (tertiary/aromatic N) is 2. The van der Waals surface area contributed by atoms with E-state index in [4.69, 9.17) is 23.2 Å². The Morgan fingerprint density at radius 3 is 2.45 bits per heavy atom. The molecule has 0 radical (unpaired) electrons. The van der Waals surface area contributed by atoms with Crippen molar-refractivity contribution in [3.63, 3.8) is 0 Å². The summed E-state index contributed by atoms with van der Waals surface area (Å²) in [4.78, 5) is 46.0. The minimum absolute atomic E-state index is 0.0592. The van der Waals surface area contributed by atoms with Crippen LogP contribution < -0.4 is 15.5 Å². The number of aromatic nitrogens is 2. The number of carbonyl (C=O) groups is 3. The third-order valence-electron chi connectivity index (χ3n) is 6.36. The van der Waals surface area contributed by atoms with Crippen LogP contribution in [0.3, 0.4) is 0 Å². The van der Waals surface area contributed by atoms with Gasteiger partial charge in [0.15, 0.2) is 10.8 Å². The molecule has 3 heterocycles. The molecule has 2 atom stereocenters. The summed E-state index contributed by atoms with van der Waals surface area (Å²) in [5.74, 6) is -2.52. The number of hydrogen-bond acceptors (Lipinski definition) is 6. The van der Waals surface area contributed by atoms with Gasteiger partial charge >= 0.3 is 5.97 Å². The maximum absolute atomic E-state index is 15.1. The van der Waals surface area contributed by atoms with Gasteiger partial charge in [0.2, 0.25) is 0 Å². The van der Waals surface area contributed by atoms with Crippen molar-refractivity contribution in [2.75, 3.05) is 18.0 Å². The number of alkyl halides is 1. The van der Waals surface area contributed by atoms with Crippen LogP contribution in [0.1, 0.15) is 62.2 Å². The molecule has 13 heteroatoms. The molecule has 1 aliphatic rings. The molecule has 1 saturated heterocycles. The number of carbonyl (C=O) groups excluding carboxylic acids is 2. The number of aromatic amines is 1. The Labute approximate surface area is 232 Å². The molecule has 0 aliphatic carbocycles. The Hall–Kier alpha value is -3.15. The molecule has 1 fully saturated rings. The maximum atomic E-state index is 15.1. The minimum Gasteiger partial charge on any atom is -0.477 e. The lowest BCUT2D eigenvalue weighted by Crippen LogP contribution is -2.52. The molecule has 0 bridgehead atoms. The van der Waals surface area contributed by atoms with Crippen LogP contribution >= 0.6 is 34.5 Å². The SMILES string of the molecule is Cc1[nH]c(C(=O)N[C@@H]2CCN(c3nc(C(=O)NC(C)(C)c4ccccc4)c(C(=O)O)s3)C[C@@H]2F)c(Cl)c1Cl. The smallest absolute Gasteiger partial charge is 0.348 e. The molecule has 2 amide bonds. The monoisotopic (exact) mass is 581 g/mol. The van der Waals surface area contributed by atoms with Crippen molar-refractivity contribution in [3.8, 4) is 0 Å². The highest BCUT2D eigenvalue weighted by molar-refractivity contribution is 7.17. The first-order chi connectivity index (χ1) is 17.9. The van der Waals surface area contributed by atoms with Gasteiger partial charge in [0.1, 0.15) is 16.7 Å². The number of nitrogens with one attached hydrogen (secondary N) is 3. The van der Waals surface area contributed by atoms with Crippen LogP contribution in [0.2, 0.25) is 10.0 Å². The van der Waals surface area contributed by atoms with Crippen LogP contribution in [0.4, 0.5) is 9.52 Å². The van der Waals surface area contributed by atoms with Gasteiger partial charge in [-0.3, -0.25) is 9.59 Å². The first kappa shape index (κ1) is 27.9. The Bertz CT molecular complexity index is 1380. The van der Waals surface area contributed by atoms with Crippen LogP contribution in [-0.2, 0) is 5.54 Å². The highest BCUT2D eigenvalue weighted by Crippen LogP contribution is 2.32. The van der Waals surface area contributed by atoms with E-state index in [1.807, 2.05) is 30.3 Å². The topological polar surface area (TPSA) is 127 Å². The summed E-state index contributed by atoms with van der Waals surface area (Å²) in [7, 11) is 0. The lowest BCUT2D eigenvalue weighted by Gasteiger charge is -2.34. The number of amides is 2. The molecule has 1 aromatic carbocycles. The zero-order chi connectivity index (χ0) is 27.8. The van der Waals surface area contributed by atoms with E-state index in [2.05, 4.69) is 20.6 Å². The average molecular weight is 582 g/mol. The zero-order valence-corrected chi connectivity index (χ0v) is 23.1. The summed E-state index contributed by atoms with van der Waals surface area (Å²) >= 11 is 12.9. The fraction of sp³-hybridized carbons (Fsp3) is 0.360. The molecule has 38 heavy (non-hydrogen) atoms. The fourth-order valence-corrected chi connectivity index (χ4v) is 5.58. The summed E-state index contributed by atoms with van der Waals surface area (Å²) in [6, 6.07) is 8.45. The fourth-order valence-electron chi connectivity index (χ4n) is 4.22. The number of halogens is 3. The number of thiazole rings is 1. The van der Waals surface area contributed by atoms with Crippen molar-refractivity contribution in [3.05, 3.63) is 67.9 Å². The third kappa shape index (κ3) is 5.64. The molecule has 0 saturated carbocycles. The number of carboxylic acids is 1. The van der Waals surface area contributed by atoms with Crippen LogP contribution in [0, 0.1) is 6.92 Å². The number of aromatic carboxylic acids is 1. The number of carboxylic acid groups (broad SMARTS) is 1. The van der Waals surface area contributed by atoms with E-state index in [0.717, 1.165) is 16.9 Å². The predicted octanol–water partition coefficient (Wildman–Crippen LogP) is 4.80. The molecule has 4 rings (SSSR count).